The molecule has 0 bridgehead atoms. The SMILES string of the molecule is C1=CCC(N(C2=CC=C(C3=CC=C(N(C4=CCCC=C4)C4C=CC5=C(C4)C4=C(C=CCC4)C4C=CC=CC54)CC3)CC2)c2ccc3c4ccccc4c4ccccc4c3c2)C=C1. The Bertz CT molecular complexity index is 2950. The van der Waals surface area contributed by atoms with Gasteiger partial charge in [-0.05, 0) is 160 Å². The van der Waals surface area contributed by atoms with Gasteiger partial charge in [0.25, 0.3) is 0 Å². The van der Waals surface area contributed by atoms with Crippen LogP contribution in [0.4, 0.5) is 5.69 Å². The third kappa shape index (κ3) is 6.46. The van der Waals surface area contributed by atoms with Crippen molar-refractivity contribution in [3.8, 4) is 0 Å². The lowest BCUT2D eigenvalue weighted by atomic mass is 9.65. The summed E-state index contributed by atoms with van der Waals surface area (Å²) in [6, 6.07) is 25.6. The Morgan fingerprint density at radius 1 is 0.452 bits per heavy atom. The zero-order chi connectivity index (χ0) is 41.0. The average Bonchev–Trinajstić information content (AvgIpc) is 3.35. The zero-order valence-electron chi connectivity index (χ0n) is 35.6. The smallest absolute Gasteiger partial charge is 0.0562 e. The van der Waals surface area contributed by atoms with Crippen LogP contribution in [0, 0.1) is 11.8 Å². The van der Waals surface area contributed by atoms with E-state index in [1.165, 1.54) is 66.2 Å². The number of rotatable bonds is 7. The molecule has 0 aliphatic heterocycles. The van der Waals surface area contributed by atoms with Crippen molar-refractivity contribution in [1.29, 1.82) is 0 Å². The van der Waals surface area contributed by atoms with Crippen LogP contribution >= 0.6 is 0 Å². The van der Waals surface area contributed by atoms with E-state index in [1.54, 1.807) is 22.3 Å². The van der Waals surface area contributed by atoms with Crippen LogP contribution in [0.3, 0.4) is 0 Å². The number of hydrogen-bond donors (Lipinski definition) is 0. The molecular formula is C60H54N2. The molecule has 12 rings (SSSR count). The van der Waals surface area contributed by atoms with E-state index in [9.17, 15) is 0 Å². The third-order valence-electron chi connectivity index (χ3n) is 14.9. The molecule has 4 aromatic carbocycles. The number of fused-ring (bicyclic) bond motifs is 10. The van der Waals surface area contributed by atoms with E-state index >= 15 is 0 Å². The Morgan fingerprint density at radius 3 is 1.74 bits per heavy atom. The number of anilines is 1. The first-order valence-electron chi connectivity index (χ1n) is 23.3. The van der Waals surface area contributed by atoms with Crippen molar-refractivity contribution in [2.24, 2.45) is 11.8 Å². The molecule has 0 saturated carbocycles. The van der Waals surface area contributed by atoms with Gasteiger partial charge >= 0.3 is 0 Å². The van der Waals surface area contributed by atoms with Crippen LogP contribution in [0.1, 0.15) is 64.2 Å². The van der Waals surface area contributed by atoms with Gasteiger partial charge in [-0.1, -0.05) is 152 Å². The zero-order valence-corrected chi connectivity index (χ0v) is 35.6. The predicted molar refractivity (Wildman–Crippen MR) is 262 cm³/mol. The second kappa shape index (κ2) is 15.8. The van der Waals surface area contributed by atoms with Crippen LogP contribution in [0.5, 0.6) is 0 Å². The lowest BCUT2D eigenvalue weighted by molar-refractivity contribution is 0.347. The van der Waals surface area contributed by atoms with Gasteiger partial charge in [0, 0.05) is 34.6 Å². The minimum Gasteiger partial charge on any atom is -0.338 e. The van der Waals surface area contributed by atoms with Crippen molar-refractivity contribution in [1.82, 2.24) is 4.90 Å². The summed E-state index contributed by atoms with van der Waals surface area (Å²) in [7, 11) is 0. The quantitative estimate of drug-likeness (QED) is 0.172. The molecule has 4 unspecified atom stereocenters. The standard InChI is InChI=1S/C60H54N2/c1-3-15-43(16-4-1)61(47-35-37-57-53-23-9-7-19-49(53)51-21-11-13-25-55(51)59(57)39-47)45-31-27-41(28-32-45)42-29-33-46(34-30-42)62(44-17-5-2-6-18-44)48-36-38-58-54-24-10-8-20-50(54)52-22-12-14-26-56(52)60(58)40-48/h1,3-5,7-13,15,17-25,27,29,31,33,35-39,43,48,50,54H,2,6,14,16,26,28,30,32,34,40H2. The summed E-state index contributed by atoms with van der Waals surface area (Å²) in [5.41, 5.74) is 14.8. The maximum atomic E-state index is 2.71. The summed E-state index contributed by atoms with van der Waals surface area (Å²) in [6.45, 7) is 0. The minimum absolute atomic E-state index is 0.281. The van der Waals surface area contributed by atoms with Crippen LogP contribution in [0.15, 0.2) is 233 Å². The lowest BCUT2D eigenvalue weighted by Gasteiger charge is -2.43. The summed E-state index contributed by atoms with van der Waals surface area (Å²) in [4.78, 5) is 5.33. The molecule has 0 amide bonds. The fourth-order valence-electron chi connectivity index (χ4n) is 11.9. The topological polar surface area (TPSA) is 6.48 Å². The largest absolute Gasteiger partial charge is 0.338 e. The molecule has 0 N–H and O–H groups in total. The van der Waals surface area contributed by atoms with Gasteiger partial charge in [0.15, 0.2) is 0 Å². The normalized spacial score (nSPS) is 25.0. The number of hydrogen-bond acceptors (Lipinski definition) is 2. The van der Waals surface area contributed by atoms with E-state index in [0.29, 0.717) is 17.9 Å². The molecule has 0 aromatic heterocycles. The number of nitrogens with zero attached hydrogens (tertiary/aromatic N) is 2. The molecular weight excluding hydrogens is 749 g/mol. The first-order valence-corrected chi connectivity index (χ1v) is 23.3. The fourth-order valence-corrected chi connectivity index (χ4v) is 11.9. The highest BCUT2D eigenvalue weighted by molar-refractivity contribution is 6.25. The molecule has 0 saturated heterocycles. The summed E-state index contributed by atoms with van der Waals surface area (Å²) in [6.07, 6.45) is 56.3. The minimum atomic E-state index is 0.281. The van der Waals surface area contributed by atoms with Crippen molar-refractivity contribution in [3.63, 3.8) is 0 Å². The molecule has 0 fully saturated rings. The Kier molecular flexibility index (Phi) is 9.54. The van der Waals surface area contributed by atoms with Gasteiger partial charge in [-0.25, -0.2) is 0 Å². The van der Waals surface area contributed by atoms with Crippen LogP contribution in [-0.2, 0) is 0 Å². The molecule has 2 nitrogen and oxygen atoms in total. The van der Waals surface area contributed by atoms with Crippen molar-refractivity contribution in [2.75, 3.05) is 4.90 Å². The molecule has 4 atom stereocenters. The van der Waals surface area contributed by atoms with Gasteiger partial charge in [0.2, 0.25) is 0 Å². The van der Waals surface area contributed by atoms with E-state index in [4.69, 9.17) is 0 Å². The molecule has 2 heteroatoms. The Morgan fingerprint density at radius 2 is 1.10 bits per heavy atom. The van der Waals surface area contributed by atoms with Crippen LogP contribution in [-0.4, -0.2) is 17.0 Å². The van der Waals surface area contributed by atoms with Crippen molar-refractivity contribution in [3.05, 3.63) is 233 Å². The van der Waals surface area contributed by atoms with E-state index in [0.717, 1.165) is 64.2 Å². The summed E-state index contributed by atoms with van der Waals surface area (Å²) >= 11 is 0. The van der Waals surface area contributed by atoms with Gasteiger partial charge in [-0.2, -0.15) is 0 Å². The second-order valence-corrected chi connectivity index (χ2v) is 18.2. The Labute approximate surface area is 367 Å². The average molecular weight is 803 g/mol. The van der Waals surface area contributed by atoms with Gasteiger partial charge in [-0.3, -0.25) is 0 Å². The van der Waals surface area contributed by atoms with Crippen LogP contribution in [0.2, 0.25) is 0 Å². The fraction of sp³-hybridized carbons (Fsp3) is 0.233. The molecule has 4 aromatic rings. The van der Waals surface area contributed by atoms with Crippen molar-refractivity contribution in [2.45, 2.75) is 76.3 Å². The predicted octanol–water partition coefficient (Wildman–Crippen LogP) is 15.2. The second-order valence-electron chi connectivity index (χ2n) is 18.2. The molecule has 8 aliphatic rings. The Hall–Kier alpha value is -6.38. The highest BCUT2D eigenvalue weighted by Gasteiger charge is 2.38. The van der Waals surface area contributed by atoms with E-state index in [-0.39, 0.29) is 6.04 Å². The molecule has 0 radical (unpaired) electrons. The van der Waals surface area contributed by atoms with Crippen LogP contribution < -0.4 is 4.90 Å². The van der Waals surface area contributed by atoms with Gasteiger partial charge in [0.05, 0.1) is 12.1 Å². The number of allylic oxidation sites excluding steroid dienone is 23. The maximum Gasteiger partial charge on any atom is 0.0562 e. The van der Waals surface area contributed by atoms with Crippen molar-refractivity contribution < 1.29 is 0 Å². The highest BCUT2D eigenvalue weighted by Crippen LogP contribution is 2.50. The van der Waals surface area contributed by atoms with E-state index in [1.807, 2.05) is 0 Å². The lowest BCUT2D eigenvalue weighted by Crippen LogP contribution is -2.37. The Balaban J connectivity index is 0.857. The van der Waals surface area contributed by atoms with Gasteiger partial charge in [0.1, 0.15) is 0 Å². The summed E-state index contributed by atoms with van der Waals surface area (Å²) < 4.78 is 0. The molecule has 304 valence electrons. The highest BCUT2D eigenvalue weighted by atomic mass is 15.2. The van der Waals surface area contributed by atoms with E-state index in [2.05, 4.69) is 192 Å². The van der Waals surface area contributed by atoms with Gasteiger partial charge in [-0.15, -0.1) is 0 Å². The first-order chi connectivity index (χ1) is 30.8. The molecule has 0 heterocycles. The first kappa shape index (κ1) is 37.4. The third-order valence-corrected chi connectivity index (χ3v) is 14.9. The summed E-state index contributed by atoms with van der Waals surface area (Å²) in [5, 5.41) is 7.95. The number of benzene rings is 4. The van der Waals surface area contributed by atoms with E-state index < -0.39 is 0 Å². The molecule has 62 heavy (non-hydrogen) atoms. The van der Waals surface area contributed by atoms with Crippen LogP contribution in [0.25, 0.3) is 32.3 Å². The monoisotopic (exact) mass is 802 g/mol. The van der Waals surface area contributed by atoms with Gasteiger partial charge < -0.3 is 9.80 Å². The molecule has 0 spiro atoms. The maximum absolute atomic E-state index is 2.71. The summed E-state index contributed by atoms with van der Waals surface area (Å²) in [5.74, 6) is 0.923. The van der Waals surface area contributed by atoms with Crippen molar-refractivity contribution >= 4 is 38.0 Å². The molecule has 8 aliphatic carbocycles.